The topological polar surface area (TPSA) is 90.7 Å². The predicted octanol–water partition coefficient (Wildman–Crippen LogP) is 0.799. The van der Waals surface area contributed by atoms with Crippen LogP contribution in [0.4, 0.5) is 0 Å². The van der Waals surface area contributed by atoms with E-state index in [0.717, 1.165) is 23.3 Å². The van der Waals surface area contributed by atoms with Crippen molar-refractivity contribution in [2.75, 3.05) is 20.5 Å². The number of methoxy groups -OCH3 is 2. The number of rotatable bonds is 5. The fourth-order valence-corrected chi connectivity index (χ4v) is 4.07. The lowest BCUT2D eigenvalue weighted by Crippen LogP contribution is -2.49. The van der Waals surface area contributed by atoms with Crippen LogP contribution in [0.25, 0.3) is 0 Å². The van der Waals surface area contributed by atoms with Gasteiger partial charge in [0.25, 0.3) is 0 Å². The summed E-state index contributed by atoms with van der Waals surface area (Å²) in [4.78, 5) is 16.4. The first-order valence-electron chi connectivity index (χ1n) is 8.04. The Labute approximate surface area is 152 Å². The second-order valence-corrected chi connectivity index (χ2v) is 8.10. The van der Waals surface area contributed by atoms with E-state index in [-0.39, 0.29) is 13.0 Å². The lowest BCUT2D eigenvalue weighted by atomic mass is 10.1. The molecule has 0 amide bonds. The van der Waals surface area contributed by atoms with Crippen molar-refractivity contribution in [2.45, 2.75) is 25.6 Å². The van der Waals surface area contributed by atoms with Gasteiger partial charge in [-0.25, -0.2) is 13.4 Å². The third kappa shape index (κ3) is 3.58. The van der Waals surface area contributed by atoms with Gasteiger partial charge in [-0.05, 0) is 17.7 Å². The molecule has 9 heteroatoms. The first-order valence-corrected chi connectivity index (χ1v) is 9.88. The van der Waals surface area contributed by atoms with Gasteiger partial charge in [0.2, 0.25) is 10.0 Å². The highest BCUT2D eigenvalue weighted by atomic mass is 32.2. The number of carbonyl (C=O) groups excluding carboxylic acids is 1. The Bertz CT molecular complexity index is 905. The van der Waals surface area contributed by atoms with Crippen molar-refractivity contribution in [3.05, 3.63) is 47.5 Å². The zero-order chi connectivity index (χ0) is 18.9. The molecule has 0 N–H and O–H groups in total. The molecule has 8 nitrogen and oxygen atoms in total. The number of fused-ring (bicyclic) bond motifs is 1. The Hall–Kier alpha value is -2.39. The Kier molecular flexibility index (Phi) is 5.01. The second kappa shape index (κ2) is 7.08. The number of aromatic nitrogens is 2. The van der Waals surface area contributed by atoms with E-state index < -0.39 is 22.0 Å². The summed E-state index contributed by atoms with van der Waals surface area (Å²) in [6.07, 6.45) is 2.97. The fourth-order valence-electron chi connectivity index (χ4n) is 3.09. The van der Waals surface area contributed by atoms with Crippen molar-refractivity contribution in [1.82, 2.24) is 13.9 Å². The van der Waals surface area contributed by atoms with Gasteiger partial charge < -0.3 is 14.0 Å². The maximum absolute atomic E-state index is 12.2. The molecule has 140 valence electrons. The molecule has 0 saturated heterocycles. The van der Waals surface area contributed by atoms with Crippen molar-refractivity contribution in [1.29, 1.82) is 0 Å². The van der Waals surface area contributed by atoms with E-state index in [1.807, 2.05) is 28.8 Å². The van der Waals surface area contributed by atoms with E-state index in [0.29, 0.717) is 12.2 Å². The van der Waals surface area contributed by atoms with Crippen molar-refractivity contribution in [2.24, 2.45) is 0 Å². The summed E-state index contributed by atoms with van der Waals surface area (Å²) in [5.74, 6) is 0.191. The molecule has 2 aromatic rings. The normalized spacial score (nSPS) is 17.6. The summed E-state index contributed by atoms with van der Waals surface area (Å²) in [5.41, 5.74) is 2.53. The van der Waals surface area contributed by atoms with Crippen LogP contribution in [0.2, 0.25) is 0 Å². The smallest absolute Gasteiger partial charge is 0.324 e. The molecule has 0 bridgehead atoms. The highest BCUT2D eigenvalue weighted by molar-refractivity contribution is 7.88. The highest BCUT2D eigenvalue weighted by Crippen LogP contribution is 2.26. The molecular formula is C17H21N3O5S. The Morgan fingerprint density at radius 3 is 2.54 bits per heavy atom. The molecular weight excluding hydrogens is 358 g/mol. The van der Waals surface area contributed by atoms with Crippen LogP contribution in [0.1, 0.15) is 17.0 Å². The third-order valence-electron chi connectivity index (χ3n) is 4.48. The van der Waals surface area contributed by atoms with Gasteiger partial charge in [0.1, 0.15) is 11.8 Å². The van der Waals surface area contributed by atoms with E-state index in [9.17, 15) is 13.2 Å². The molecule has 1 atom stereocenters. The third-order valence-corrected chi connectivity index (χ3v) is 5.72. The van der Waals surface area contributed by atoms with Gasteiger partial charge in [0.15, 0.2) is 0 Å². The predicted molar refractivity (Wildman–Crippen MR) is 94.2 cm³/mol. The van der Waals surface area contributed by atoms with Crippen molar-refractivity contribution in [3.8, 4) is 5.75 Å². The number of imidazole rings is 1. The van der Waals surface area contributed by atoms with Crippen LogP contribution in [0.15, 0.2) is 30.6 Å². The fraction of sp³-hybridized carbons (Fsp3) is 0.412. The van der Waals surface area contributed by atoms with Crippen LogP contribution in [-0.4, -0.2) is 54.8 Å². The molecule has 0 aliphatic carbocycles. The summed E-state index contributed by atoms with van der Waals surface area (Å²) in [6, 6.07) is 6.75. The number of hydrogen-bond acceptors (Lipinski definition) is 6. The minimum atomic E-state index is -3.57. The monoisotopic (exact) mass is 379 g/mol. The van der Waals surface area contributed by atoms with Crippen LogP contribution >= 0.6 is 0 Å². The molecule has 3 rings (SSSR count). The molecule has 1 aromatic heterocycles. The molecule has 0 radical (unpaired) electrons. The average molecular weight is 379 g/mol. The SMILES string of the molecule is COC(=O)[C@@H]1Cc2ncn(Cc3ccc(OC)cc3)c2CN1S(C)(=O)=O. The van der Waals surface area contributed by atoms with Gasteiger partial charge in [0.05, 0.1) is 44.7 Å². The number of sulfonamides is 1. The van der Waals surface area contributed by atoms with Crippen molar-refractivity contribution in [3.63, 3.8) is 0 Å². The molecule has 26 heavy (non-hydrogen) atoms. The lowest BCUT2D eigenvalue weighted by molar-refractivity contribution is -0.145. The average Bonchev–Trinajstić information content (AvgIpc) is 3.02. The minimum absolute atomic E-state index is 0.0874. The van der Waals surface area contributed by atoms with Crippen LogP contribution in [0.5, 0.6) is 5.75 Å². The number of esters is 1. The standard InChI is InChI=1S/C17H21N3O5S/c1-24-13-6-4-12(5-7-13)9-19-11-18-14-8-15(17(21)25-2)20(10-16(14)19)26(3,22)23/h4-7,11,15H,8-10H2,1-3H3/t15-/m0/s1. The zero-order valence-electron chi connectivity index (χ0n) is 14.9. The Balaban J connectivity index is 1.90. The molecule has 0 fully saturated rings. The summed E-state index contributed by atoms with van der Waals surface area (Å²) in [6.45, 7) is 0.636. The molecule has 2 heterocycles. The number of benzene rings is 1. The minimum Gasteiger partial charge on any atom is -0.497 e. The maximum Gasteiger partial charge on any atom is 0.324 e. The lowest BCUT2D eigenvalue weighted by Gasteiger charge is -2.31. The second-order valence-electron chi connectivity index (χ2n) is 6.17. The van der Waals surface area contributed by atoms with Gasteiger partial charge in [-0.2, -0.15) is 4.31 Å². The molecule has 1 aliphatic heterocycles. The van der Waals surface area contributed by atoms with Gasteiger partial charge >= 0.3 is 5.97 Å². The summed E-state index contributed by atoms with van der Waals surface area (Å²) < 4.78 is 37.3. The molecule has 0 unspecified atom stereocenters. The van der Waals surface area contributed by atoms with Gasteiger partial charge in [-0.3, -0.25) is 4.79 Å². The van der Waals surface area contributed by atoms with Crippen LogP contribution < -0.4 is 4.74 Å². The van der Waals surface area contributed by atoms with Gasteiger partial charge in [0, 0.05) is 13.0 Å². The van der Waals surface area contributed by atoms with E-state index in [2.05, 4.69) is 4.98 Å². The van der Waals surface area contributed by atoms with E-state index >= 15 is 0 Å². The summed E-state index contributed by atoms with van der Waals surface area (Å²) >= 11 is 0. The van der Waals surface area contributed by atoms with Gasteiger partial charge in [-0.1, -0.05) is 12.1 Å². The zero-order valence-corrected chi connectivity index (χ0v) is 15.7. The first kappa shape index (κ1) is 18.4. The van der Waals surface area contributed by atoms with Crippen LogP contribution in [0, 0.1) is 0 Å². The quantitative estimate of drug-likeness (QED) is 0.714. The van der Waals surface area contributed by atoms with E-state index in [4.69, 9.17) is 9.47 Å². The van der Waals surface area contributed by atoms with E-state index in [1.54, 1.807) is 13.4 Å². The summed E-state index contributed by atoms with van der Waals surface area (Å²) in [5, 5.41) is 0. The number of hydrogen-bond donors (Lipinski definition) is 0. The maximum atomic E-state index is 12.2. The number of carbonyl (C=O) groups is 1. The van der Waals surface area contributed by atoms with Gasteiger partial charge in [-0.15, -0.1) is 0 Å². The number of nitrogens with zero attached hydrogens (tertiary/aromatic N) is 3. The molecule has 0 spiro atoms. The Morgan fingerprint density at radius 1 is 1.27 bits per heavy atom. The molecule has 1 aromatic carbocycles. The van der Waals surface area contributed by atoms with Crippen LogP contribution in [-0.2, 0) is 39.1 Å². The summed E-state index contributed by atoms with van der Waals surface area (Å²) in [7, 11) is -0.714. The molecule has 0 saturated carbocycles. The van der Waals surface area contributed by atoms with Crippen LogP contribution in [0.3, 0.4) is 0 Å². The number of ether oxygens (including phenoxy) is 2. The Morgan fingerprint density at radius 2 is 1.96 bits per heavy atom. The molecule has 1 aliphatic rings. The largest absolute Gasteiger partial charge is 0.497 e. The van der Waals surface area contributed by atoms with Crippen molar-refractivity contribution >= 4 is 16.0 Å². The van der Waals surface area contributed by atoms with Crippen molar-refractivity contribution < 1.29 is 22.7 Å². The first-order chi connectivity index (χ1) is 12.3. The highest BCUT2D eigenvalue weighted by Gasteiger charge is 2.39. The van der Waals surface area contributed by atoms with E-state index in [1.165, 1.54) is 11.4 Å².